The first-order valence-electron chi connectivity index (χ1n) is 9.35. The fraction of sp³-hybridized carbons (Fsp3) is 0.450. The molecule has 1 saturated heterocycles. The van der Waals surface area contributed by atoms with Gasteiger partial charge in [0.05, 0.1) is 17.7 Å². The first kappa shape index (κ1) is 24.2. The summed E-state index contributed by atoms with van der Waals surface area (Å²) in [5.74, 6) is -1.86. The average molecular weight is 503 g/mol. The molecule has 2 heterocycles. The molecular weight excluding hydrogens is 485 g/mol. The lowest BCUT2D eigenvalue weighted by Gasteiger charge is -2.29. The van der Waals surface area contributed by atoms with Crippen molar-refractivity contribution >= 4 is 40.8 Å². The molecule has 1 aromatic heterocycles. The van der Waals surface area contributed by atoms with Crippen LogP contribution >= 0.6 is 34.8 Å². The third-order valence-corrected chi connectivity index (χ3v) is 5.67. The number of aryl methyl sites for hydroxylation is 1. The van der Waals surface area contributed by atoms with Crippen molar-refractivity contribution in [3.8, 4) is 16.9 Å². The average Bonchev–Trinajstić information content (AvgIpc) is 2.98. The maximum atomic E-state index is 15.7. The molecule has 1 fully saturated rings. The number of hydrogen-bond acceptors (Lipinski definition) is 3. The minimum Gasteiger partial charge on any atom is -0.425 e. The van der Waals surface area contributed by atoms with Crippen LogP contribution in [0, 0.1) is 5.82 Å². The first-order chi connectivity index (χ1) is 14.6. The van der Waals surface area contributed by atoms with Gasteiger partial charge in [-0.1, -0.05) is 11.6 Å². The van der Waals surface area contributed by atoms with Crippen molar-refractivity contribution < 1.29 is 31.8 Å². The lowest BCUT2D eigenvalue weighted by molar-refractivity contribution is -0.141. The molecule has 0 aliphatic carbocycles. The van der Waals surface area contributed by atoms with E-state index in [0.717, 1.165) is 13.0 Å². The van der Waals surface area contributed by atoms with Crippen molar-refractivity contribution in [1.29, 1.82) is 0 Å². The molecule has 2 aromatic rings. The number of carbonyl (C=O) groups is 1. The molecule has 170 valence electrons. The van der Waals surface area contributed by atoms with Gasteiger partial charge in [-0.15, -0.1) is 23.2 Å². The molecule has 0 bridgehead atoms. The van der Waals surface area contributed by atoms with Crippen LogP contribution in [0.5, 0.6) is 5.75 Å². The molecule has 1 N–H and O–H groups in total. The molecule has 4 nitrogen and oxygen atoms in total. The Kier molecular flexibility index (Phi) is 7.46. The molecule has 1 aliphatic heterocycles. The Balaban J connectivity index is 2.35. The van der Waals surface area contributed by atoms with Gasteiger partial charge < -0.3 is 14.5 Å². The van der Waals surface area contributed by atoms with Crippen molar-refractivity contribution in [2.45, 2.75) is 38.5 Å². The molecule has 11 heteroatoms. The predicted octanol–water partition coefficient (Wildman–Crippen LogP) is 6.44. The van der Waals surface area contributed by atoms with Crippen LogP contribution in [-0.4, -0.2) is 29.3 Å². The van der Waals surface area contributed by atoms with E-state index in [2.05, 4.69) is 4.98 Å². The van der Waals surface area contributed by atoms with E-state index in [9.17, 15) is 18.0 Å². The van der Waals surface area contributed by atoms with E-state index >= 15 is 4.39 Å². The van der Waals surface area contributed by atoms with Gasteiger partial charge in [0.2, 0.25) is 0 Å². The fourth-order valence-electron chi connectivity index (χ4n) is 3.58. The SMILES string of the molecule is CC(=O)Oc1cc(-c2c(CCCl)[nH]c(C(F)(F)F)c2CCCl)c(F)c(C2CCO2)c1Cl. The highest BCUT2D eigenvalue weighted by atomic mass is 35.5. The van der Waals surface area contributed by atoms with Crippen LogP contribution in [0.1, 0.15) is 42.0 Å². The van der Waals surface area contributed by atoms with Crippen LogP contribution in [0.3, 0.4) is 0 Å². The molecular formula is C20H18Cl3F4NO3. The van der Waals surface area contributed by atoms with Gasteiger partial charge >= 0.3 is 12.1 Å². The highest BCUT2D eigenvalue weighted by Crippen LogP contribution is 2.47. The Bertz CT molecular complexity index is 987. The van der Waals surface area contributed by atoms with E-state index in [-0.39, 0.29) is 63.3 Å². The summed E-state index contributed by atoms with van der Waals surface area (Å²) >= 11 is 17.8. The third-order valence-electron chi connectivity index (χ3n) is 4.90. The highest BCUT2D eigenvalue weighted by molar-refractivity contribution is 6.33. The van der Waals surface area contributed by atoms with Crippen molar-refractivity contribution in [3.05, 3.63) is 39.4 Å². The number of aromatic nitrogens is 1. The molecule has 0 spiro atoms. The molecule has 1 aromatic carbocycles. The number of carbonyl (C=O) groups excluding carboxylic acids is 1. The van der Waals surface area contributed by atoms with E-state index in [1.807, 2.05) is 0 Å². The Morgan fingerprint density at radius 2 is 1.94 bits per heavy atom. The second kappa shape index (κ2) is 9.57. The van der Waals surface area contributed by atoms with Crippen molar-refractivity contribution in [2.24, 2.45) is 0 Å². The number of rotatable bonds is 7. The van der Waals surface area contributed by atoms with Gasteiger partial charge in [0, 0.05) is 53.9 Å². The van der Waals surface area contributed by atoms with Crippen LogP contribution in [0.25, 0.3) is 11.1 Å². The maximum absolute atomic E-state index is 15.7. The number of hydrogen-bond donors (Lipinski definition) is 1. The van der Waals surface area contributed by atoms with Crippen molar-refractivity contribution in [1.82, 2.24) is 4.98 Å². The third kappa shape index (κ3) is 4.82. The Morgan fingerprint density at radius 3 is 2.42 bits per heavy atom. The number of ether oxygens (including phenoxy) is 2. The topological polar surface area (TPSA) is 51.3 Å². The van der Waals surface area contributed by atoms with Gasteiger partial charge in [-0.3, -0.25) is 4.79 Å². The minimum atomic E-state index is -4.72. The van der Waals surface area contributed by atoms with Gasteiger partial charge in [-0.2, -0.15) is 13.2 Å². The largest absolute Gasteiger partial charge is 0.431 e. The first-order valence-corrected chi connectivity index (χ1v) is 10.8. The van der Waals surface area contributed by atoms with E-state index in [1.165, 1.54) is 0 Å². The number of H-pyrrole nitrogens is 1. The summed E-state index contributed by atoms with van der Waals surface area (Å²) in [7, 11) is 0. The van der Waals surface area contributed by atoms with Crippen LogP contribution in [-0.2, 0) is 28.5 Å². The lowest BCUT2D eigenvalue weighted by Crippen LogP contribution is -2.21. The standard InChI is InChI=1S/C20H18Cl3F4NO3/c1-9(29)31-14-8-11(18(24)16(17(14)23)13-4-7-30-13)15-10(2-5-21)19(20(25,26)27)28-12(15)3-6-22/h8,13,28H,2-7H2,1H3. The zero-order valence-electron chi connectivity index (χ0n) is 16.3. The quantitative estimate of drug-likeness (QED) is 0.205. The number of halogens is 7. The monoisotopic (exact) mass is 501 g/mol. The van der Waals surface area contributed by atoms with E-state index in [0.29, 0.717) is 13.0 Å². The number of aromatic amines is 1. The lowest BCUT2D eigenvalue weighted by atomic mass is 9.92. The second-order valence-electron chi connectivity index (χ2n) is 6.91. The number of benzene rings is 1. The zero-order valence-corrected chi connectivity index (χ0v) is 18.5. The van der Waals surface area contributed by atoms with Crippen LogP contribution < -0.4 is 4.74 Å². The molecule has 0 saturated carbocycles. The van der Waals surface area contributed by atoms with Gasteiger partial charge in [-0.25, -0.2) is 4.39 Å². The fourth-order valence-corrected chi connectivity index (χ4v) is 4.25. The zero-order chi connectivity index (χ0) is 22.9. The summed E-state index contributed by atoms with van der Waals surface area (Å²) in [6.07, 6.45) is -5.12. The summed E-state index contributed by atoms with van der Waals surface area (Å²) in [6, 6.07) is 1.13. The number of esters is 1. The maximum Gasteiger partial charge on any atom is 0.431 e. The molecule has 31 heavy (non-hydrogen) atoms. The van der Waals surface area contributed by atoms with E-state index in [4.69, 9.17) is 44.3 Å². The molecule has 1 atom stereocenters. The molecule has 0 amide bonds. The summed E-state index contributed by atoms with van der Waals surface area (Å²) in [5, 5.41) is -0.162. The predicted molar refractivity (Wildman–Crippen MR) is 110 cm³/mol. The normalized spacial score (nSPS) is 16.3. The van der Waals surface area contributed by atoms with Crippen LogP contribution in [0.4, 0.5) is 17.6 Å². The summed E-state index contributed by atoms with van der Waals surface area (Å²) in [4.78, 5) is 13.9. The van der Waals surface area contributed by atoms with Crippen LogP contribution in [0.2, 0.25) is 5.02 Å². The van der Waals surface area contributed by atoms with E-state index in [1.54, 1.807) is 0 Å². The smallest absolute Gasteiger partial charge is 0.425 e. The highest BCUT2D eigenvalue weighted by Gasteiger charge is 2.39. The van der Waals surface area contributed by atoms with Crippen molar-refractivity contribution in [2.75, 3.05) is 18.4 Å². The van der Waals surface area contributed by atoms with Crippen molar-refractivity contribution in [3.63, 3.8) is 0 Å². The van der Waals surface area contributed by atoms with Gasteiger partial charge in [-0.05, 0) is 18.1 Å². The molecule has 0 radical (unpaired) electrons. The van der Waals surface area contributed by atoms with Crippen LogP contribution in [0.15, 0.2) is 6.07 Å². The molecule has 3 rings (SSSR count). The summed E-state index contributed by atoms with van der Waals surface area (Å²) in [5.41, 5.74) is -1.40. The Morgan fingerprint density at radius 1 is 1.29 bits per heavy atom. The van der Waals surface area contributed by atoms with Gasteiger partial charge in [0.1, 0.15) is 11.5 Å². The Hall–Kier alpha value is -1.48. The molecule has 1 unspecified atom stereocenters. The number of alkyl halides is 5. The number of nitrogens with one attached hydrogen (secondary N) is 1. The second-order valence-corrected chi connectivity index (χ2v) is 8.05. The minimum absolute atomic E-state index is 0.00424. The van der Waals surface area contributed by atoms with Gasteiger partial charge in [0.15, 0.2) is 5.75 Å². The molecule has 1 aliphatic rings. The van der Waals surface area contributed by atoms with E-state index < -0.39 is 29.8 Å². The summed E-state index contributed by atoms with van der Waals surface area (Å²) < 4.78 is 67.2. The van der Waals surface area contributed by atoms with Gasteiger partial charge in [0.25, 0.3) is 0 Å². The Labute approximate surface area is 190 Å². The summed E-state index contributed by atoms with van der Waals surface area (Å²) in [6.45, 7) is 1.51.